The van der Waals surface area contributed by atoms with Gasteiger partial charge in [0.25, 0.3) is 0 Å². The first kappa shape index (κ1) is 8.11. The van der Waals surface area contributed by atoms with Gasteiger partial charge >= 0.3 is 78.5 Å². The summed E-state index contributed by atoms with van der Waals surface area (Å²) < 4.78 is 9.05. The third-order valence-electron chi connectivity index (χ3n) is 1.92. The van der Waals surface area contributed by atoms with Gasteiger partial charge in [-0.1, -0.05) is 0 Å². The summed E-state index contributed by atoms with van der Waals surface area (Å²) in [6.07, 6.45) is 0. The van der Waals surface area contributed by atoms with Gasteiger partial charge in [-0.25, -0.2) is 0 Å². The van der Waals surface area contributed by atoms with E-state index in [1.165, 1.54) is 10.0 Å². The normalized spacial score (nSPS) is 16.2. The second-order valence-electron chi connectivity index (χ2n) is 2.83. The van der Waals surface area contributed by atoms with E-state index < -0.39 is 0 Å². The molecule has 0 unspecified atom stereocenters. The van der Waals surface area contributed by atoms with Crippen molar-refractivity contribution in [3.63, 3.8) is 0 Å². The number of hydrogen-bond donors (Lipinski definition) is 0. The van der Waals surface area contributed by atoms with Crippen LogP contribution in [0, 0.1) is 0 Å². The molecule has 64 valence electrons. The number of hydrogen-bond acceptors (Lipinski definition) is 2. The number of benzene rings is 1. The molecule has 1 aliphatic heterocycles. The number of ether oxygens (including phenoxy) is 1. The minimum atomic E-state index is 0.460. The van der Waals surface area contributed by atoms with Crippen LogP contribution >= 0.6 is 0 Å². The summed E-state index contributed by atoms with van der Waals surface area (Å²) in [5, 5.41) is 0. The number of nitrogens with zero attached hydrogens (tertiary/aromatic N) is 1. The summed E-state index contributed by atoms with van der Waals surface area (Å²) in [6.45, 7) is 1.08. The average molecular weight is 228 g/mol. The molecular weight excluding hydrogens is 217 g/mol. The Morgan fingerprint density at radius 3 is 3.08 bits per heavy atom. The van der Waals surface area contributed by atoms with Crippen LogP contribution < -0.4 is 9.20 Å². The van der Waals surface area contributed by atoms with Crippen LogP contribution in [-0.4, -0.2) is 33.2 Å². The SMILES string of the molecule is COc1cccc2c1[Se]N(C)C2. The molecular formula is C9H11NOSe. The molecule has 0 fully saturated rings. The fraction of sp³-hybridized carbons (Fsp3) is 0.333. The van der Waals surface area contributed by atoms with Gasteiger partial charge in [-0.2, -0.15) is 0 Å². The summed E-state index contributed by atoms with van der Waals surface area (Å²) in [6, 6.07) is 6.29. The number of methoxy groups -OCH3 is 1. The van der Waals surface area contributed by atoms with Crippen LogP contribution in [0.3, 0.4) is 0 Å². The average Bonchev–Trinajstić information content (AvgIpc) is 2.44. The van der Waals surface area contributed by atoms with E-state index in [4.69, 9.17) is 4.74 Å². The standard InChI is InChI=1S/C9H11NOSe/c1-10-6-7-4-3-5-8(11-2)9(7)12-10/h3-5H,6H2,1-2H3. The third-order valence-corrected chi connectivity index (χ3v) is 4.20. The quantitative estimate of drug-likeness (QED) is 0.644. The van der Waals surface area contributed by atoms with Crippen molar-refractivity contribution in [1.29, 1.82) is 0 Å². The molecule has 0 spiro atoms. The van der Waals surface area contributed by atoms with E-state index in [-0.39, 0.29) is 0 Å². The van der Waals surface area contributed by atoms with Gasteiger partial charge in [0.15, 0.2) is 0 Å². The molecule has 2 nitrogen and oxygen atoms in total. The van der Waals surface area contributed by atoms with E-state index in [2.05, 4.69) is 23.1 Å². The molecule has 0 bridgehead atoms. The summed E-state index contributed by atoms with van der Waals surface area (Å²) in [5.41, 5.74) is 1.43. The molecule has 0 amide bonds. The van der Waals surface area contributed by atoms with Gasteiger partial charge in [0.1, 0.15) is 0 Å². The van der Waals surface area contributed by atoms with Crippen molar-refractivity contribution in [1.82, 2.24) is 3.92 Å². The van der Waals surface area contributed by atoms with Gasteiger partial charge in [0.2, 0.25) is 0 Å². The van der Waals surface area contributed by atoms with Gasteiger partial charge in [-0.3, -0.25) is 0 Å². The Kier molecular flexibility index (Phi) is 2.09. The van der Waals surface area contributed by atoms with E-state index in [0.717, 1.165) is 12.3 Å². The van der Waals surface area contributed by atoms with E-state index in [1.807, 2.05) is 6.07 Å². The molecule has 1 heterocycles. The molecule has 0 aliphatic carbocycles. The Morgan fingerprint density at radius 2 is 2.33 bits per heavy atom. The minimum absolute atomic E-state index is 0.460. The van der Waals surface area contributed by atoms with Gasteiger partial charge in [-0.05, 0) is 0 Å². The van der Waals surface area contributed by atoms with E-state index >= 15 is 0 Å². The van der Waals surface area contributed by atoms with Crippen molar-refractivity contribution in [2.24, 2.45) is 0 Å². The monoisotopic (exact) mass is 229 g/mol. The number of fused-ring (bicyclic) bond motifs is 1. The Bertz CT molecular complexity index is 301. The zero-order valence-corrected chi connectivity index (χ0v) is 8.92. The molecule has 1 aromatic carbocycles. The third kappa shape index (κ3) is 1.24. The van der Waals surface area contributed by atoms with Crippen LogP contribution in [0.25, 0.3) is 0 Å². The summed E-state index contributed by atoms with van der Waals surface area (Å²) in [5.74, 6) is 1.05. The topological polar surface area (TPSA) is 12.5 Å². The molecule has 0 radical (unpaired) electrons. The second-order valence-corrected chi connectivity index (χ2v) is 5.37. The van der Waals surface area contributed by atoms with Crippen molar-refractivity contribution in [3.8, 4) is 5.75 Å². The van der Waals surface area contributed by atoms with E-state index in [0.29, 0.717) is 15.2 Å². The van der Waals surface area contributed by atoms with Crippen LogP contribution in [0.5, 0.6) is 5.75 Å². The van der Waals surface area contributed by atoms with Crippen LogP contribution in [0.15, 0.2) is 18.2 Å². The predicted octanol–water partition coefficient (Wildman–Crippen LogP) is 0.385. The maximum absolute atomic E-state index is 5.29. The summed E-state index contributed by atoms with van der Waals surface area (Å²) >= 11 is 0.460. The molecule has 12 heavy (non-hydrogen) atoms. The van der Waals surface area contributed by atoms with Gasteiger partial charge in [0, 0.05) is 0 Å². The van der Waals surface area contributed by atoms with Crippen molar-refractivity contribution in [2.75, 3.05) is 14.2 Å². The molecule has 2 rings (SSSR count). The fourth-order valence-electron chi connectivity index (χ4n) is 1.38. The second kappa shape index (κ2) is 3.09. The van der Waals surface area contributed by atoms with Crippen molar-refractivity contribution < 1.29 is 4.74 Å². The van der Waals surface area contributed by atoms with E-state index in [1.54, 1.807) is 7.11 Å². The molecule has 3 heteroatoms. The number of rotatable bonds is 1. The molecule has 1 aromatic rings. The van der Waals surface area contributed by atoms with Gasteiger partial charge in [0.05, 0.1) is 0 Å². The van der Waals surface area contributed by atoms with Crippen molar-refractivity contribution in [3.05, 3.63) is 23.8 Å². The molecule has 0 saturated carbocycles. The molecule has 0 N–H and O–H groups in total. The van der Waals surface area contributed by atoms with Crippen LogP contribution in [0.2, 0.25) is 0 Å². The molecule has 1 aliphatic rings. The van der Waals surface area contributed by atoms with Crippen molar-refractivity contribution >= 4 is 19.6 Å². The van der Waals surface area contributed by atoms with Crippen LogP contribution in [0.1, 0.15) is 5.56 Å². The predicted molar refractivity (Wildman–Crippen MR) is 49.8 cm³/mol. The summed E-state index contributed by atoms with van der Waals surface area (Å²) in [7, 11) is 3.89. The van der Waals surface area contributed by atoms with Crippen molar-refractivity contribution in [2.45, 2.75) is 6.54 Å². The van der Waals surface area contributed by atoms with Gasteiger partial charge in [-0.15, -0.1) is 0 Å². The first-order chi connectivity index (χ1) is 5.81. The zero-order chi connectivity index (χ0) is 8.55. The maximum atomic E-state index is 5.29. The van der Waals surface area contributed by atoms with Gasteiger partial charge < -0.3 is 0 Å². The molecule has 0 atom stereocenters. The first-order valence-electron chi connectivity index (χ1n) is 3.86. The Morgan fingerprint density at radius 1 is 1.50 bits per heavy atom. The van der Waals surface area contributed by atoms with E-state index in [9.17, 15) is 0 Å². The Hall–Kier alpha value is -0.501. The Balaban J connectivity index is 2.44. The van der Waals surface area contributed by atoms with Crippen LogP contribution in [0.4, 0.5) is 0 Å². The summed E-state index contributed by atoms with van der Waals surface area (Å²) in [4.78, 5) is 0. The molecule has 0 aromatic heterocycles. The zero-order valence-electron chi connectivity index (χ0n) is 7.20. The fourth-order valence-corrected chi connectivity index (χ4v) is 3.49. The Labute approximate surface area is 78.9 Å². The van der Waals surface area contributed by atoms with Crippen LogP contribution in [-0.2, 0) is 6.54 Å². The molecule has 0 saturated heterocycles. The first-order valence-corrected chi connectivity index (χ1v) is 5.48.